The number of hydrogen-bond acceptors (Lipinski definition) is 5. The number of nitrogens with two attached hydrogens (primary N) is 1. The van der Waals surface area contributed by atoms with E-state index in [9.17, 15) is 9.59 Å². The number of hydrogen-bond donors (Lipinski definition) is 1. The van der Waals surface area contributed by atoms with E-state index in [2.05, 4.69) is 0 Å². The van der Waals surface area contributed by atoms with E-state index < -0.39 is 17.7 Å². The first-order valence-corrected chi connectivity index (χ1v) is 7.21. The van der Waals surface area contributed by atoms with Crippen LogP contribution in [0.25, 0.3) is 0 Å². The Morgan fingerprint density at radius 3 is 2.60 bits per heavy atom. The highest BCUT2D eigenvalue weighted by Crippen LogP contribution is 2.21. The fourth-order valence-electron chi connectivity index (χ4n) is 2.07. The predicted octanol–water partition coefficient (Wildman–Crippen LogP) is 1.67. The van der Waals surface area contributed by atoms with Crippen molar-refractivity contribution >= 4 is 12.1 Å². The van der Waals surface area contributed by atoms with Crippen LogP contribution in [0, 0.1) is 0 Å². The number of nitrogens with zero attached hydrogens (tertiary/aromatic N) is 1. The van der Waals surface area contributed by atoms with Gasteiger partial charge < -0.3 is 15.2 Å². The van der Waals surface area contributed by atoms with E-state index in [4.69, 9.17) is 15.2 Å². The van der Waals surface area contributed by atoms with Gasteiger partial charge in [-0.15, -0.1) is 0 Å². The van der Waals surface area contributed by atoms with Gasteiger partial charge in [-0.05, 0) is 53.0 Å². The highest BCUT2D eigenvalue weighted by atomic mass is 16.6. The number of amides is 1. The van der Waals surface area contributed by atoms with Crippen LogP contribution in [-0.4, -0.2) is 48.3 Å². The molecule has 20 heavy (non-hydrogen) atoms. The first-order valence-electron chi connectivity index (χ1n) is 7.21. The minimum atomic E-state index is -0.560. The van der Waals surface area contributed by atoms with Crippen molar-refractivity contribution < 1.29 is 19.1 Å². The summed E-state index contributed by atoms with van der Waals surface area (Å²) in [4.78, 5) is 25.5. The average Bonchev–Trinajstić information content (AvgIpc) is 2.81. The van der Waals surface area contributed by atoms with Crippen molar-refractivity contribution in [1.29, 1.82) is 0 Å². The molecule has 0 aliphatic carbocycles. The smallest absolute Gasteiger partial charge is 0.411 e. The van der Waals surface area contributed by atoms with Crippen molar-refractivity contribution in [2.24, 2.45) is 5.73 Å². The van der Waals surface area contributed by atoms with Crippen molar-refractivity contribution in [3.8, 4) is 0 Å². The molecule has 116 valence electrons. The molecule has 0 spiro atoms. The SMILES string of the molecule is CC(C)(C)OC(=O)N1CCC[C@@H]1C(=O)OCCCCN. The van der Waals surface area contributed by atoms with Gasteiger partial charge in [-0.25, -0.2) is 9.59 Å². The lowest BCUT2D eigenvalue weighted by atomic mass is 10.2. The number of rotatable bonds is 5. The van der Waals surface area contributed by atoms with Crippen LogP contribution in [0.4, 0.5) is 4.79 Å². The molecule has 6 heteroatoms. The Morgan fingerprint density at radius 2 is 2.00 bits per heavy atom. The lowest BCUT2D eigenvalue weighted by Crippen LogP contribution is -2.44. The second kappa shape index (κ2) is 7.47. The van der Waals surface area contributed by atoms with Gasteiger partial charge in [-0.3, -0.25) is 4.90 Å². The summed E-state index contributed by atoms with van der Waals surface area (Å²) in [6.45, 7) is 6.90. The highest BCUT2D eigenvalue weighted by molar-refractivity contribution is 5.82. The van der Waals surface area contributed by atoms with Crippen LogP contribution >= 0.6 is 0 Å². The summed E-state index contributed by atoms with van der Waals surface area (Å²) in [7, 11) is 0. The molecule has 0 radical (unpaired) electrons. The van der Waals surface area contributed by atoms with Gasteiger partial charge >= 0.3 is 12.1 Å². The molecule has 0 unspecified atom stereocenters. The molecule has 1 heterocycles. The van der Waals surface area contributed by atoms with Crippen LogP contribution in [0.2, 0.25) is 0 Å². The summed E-state index contributed by atoms with van der Waals surface area (Å²) in [5, 5.41) is 0. The lowest BCUT2D eigenvalue weighted by Gasteiger charge is -2.27. The fraction of sp³-hybridized carbons (Fsp3) is 0.857. The van der Waals surface area contributed by atoms with E-state index in [1.54, 1.807) is 20.8 Å². The predicted molar refractivity (Wildman–Crippen MR) is 75.2 cm³/mol. The van der Waals surface area contributed by atoms with Crippen molar-refractivity contribution in [3.05, 3.63) is 0 Å². The Bertz CT molecular complexity index is 339. The summed E-state index contributed by atoms with van der Waals surface area (Å²) < 4.78 is 10.5. The van der Waals surface area contributed by atoms with Crippen LogP contribution in [0.1, 0.15) is 46.5 Å². The third-order valence-electron chi connectivity index (χ3n) is 3.00. The second-order valence-electron chi connectivity index (χ2n) is 6.00. The Morgan fingerprint density at radius 1 is 1.30 bits per heavy atom. The number of carbonyl (C=O) groups excluding carboxylic acids is 2. The van der Waals surface area contributed by atoms with Crippen LogP contribution < -0.4 is 5.73 Å². The zero-order chi connectivity index (χ0) is 15.2. The standard InChI is InChI=1S/C14H26N2O4/c1-14(2,3)20-13(18)16-9-6-7-11(16)12(17)19-10-5-4-8-15/h11H,4-10,15H2,1-3H3/t11-/m1/s1. The molecule has 0 aromatic rings. The molecule has 1 saturated heterocycles. The largest absolute Gasteiger partial charge is 0.464 e. The summed E-state index contributed by atoms with van der Waals surface area (Å²) in [6, 6.07) is -0.511. The monoisotopic (exact) mass is 286 g/mol. The molecule has 2 N–H and O–H groups in total. The van der Waals surface area contributed by atoms with Crippen molar-refractivity contribution in [1.82, 2.24) is 4.90 Å². The summed E-state index contributed by atoms with van der Waals surface area (Å²) in [5.41, 5.74) is 4.82. The highest BCUT2D eigenvalue weighted by Gasteiger charge is 2.37. The Balaban J connectivity index is 2.47. The van der Waals surface area contributed by atoms with E-state index >= 15 is 0 Å². The minimum absolute atomic E-state index is 0.342. The Kier molecular flexibility index (Phi) is 6.26. The number of esters is 1. The van der Waals surface area contributed by atoms with Gasteiger partial charge in [-0.2, -0.15) is 0 Å². The summed E-state index contributed by atoms with van der Waals surface area (Å²) in [6.07, 6.45) is 2.56. The normalized spacial score (nSPS) is 19.0. The van der Waals surface area contributed by atoms with Crippen LogP contribution in [0.3, 0.4) is 0 Å². The maximum atomic E-state index is 12.0. The Labute approximate surface area is 120 Å². The van der Waals surface area contributed by atoms with E-state index in [0.29, 0.717) is 26.1 Å². The zero-order valence-corrected chi connectivity index (χ0v) is 12.7. The van der Waals surface area contributed by atoms with Gasteiger partial charge in [0.25, 0.3) is 0 Å². The van der Waals surface area contributed by atoms with E-state index in [1.807, 2.05) is 0 Å². The van der Waals surface area contributed by atoms with Gasteiger partial charge in [0.1, 0.15) is 11.6 Å². The van der Waals surface area contributed by atoms with Crippen LogP contribution in [0.15, 0.2) is 0 Å². The summed E-state index contributed by atoms with van der Waals surface area (Å²) in [5.74, 6) is -0.342. The van der Waals surface area contributed by atoms with Gasteiger partial charge in [0.05, 0.1) is 6.61 Å². The third kappa shape index (κ3) is 5.36. The molecule has 1 aliphatic heterocycles. The molecule has 1 atom stereocenters. The van der Waals surface area contributed by atoms with E-state index in [-0.39, 0.29) is 5.97 Å². The number of unbranched alkanes of at least 4 members (excludes halogenated alkanes) is 1. The molecule has 1 amide bonds. The van der Waals surface area contributed by atoms with E-state index in [0.717, 1.165) is 19.3 Å². The van der Waals surface area contributed by atoms with Gasteiger partial charge in [0.2, 0.25) is 0 Å². The molecule has 1 rings (SSSR count). The number of ether oxygens (including phenoxy) is 2. The minimum Gasteiger partial charge on any atom is -0.464 e. The van der Waals surface area contributed by atoms with Crippen LogP contribution in [-0.2, 0) is 14.3 Å². The van der Waals surface area contributed by atoms with Crippen LogP contribution in [0.5, 0.6) is 0 Å². The maximum absolute atomic E-state index is 12.0. The molecule has 0 aromatic heterocycles. The molecule has 0 saturated carbocycles. The molecule has 1 fully saturated rings. The molecule has 0 bridgehead atoms. The maximum Gasteiger partial charge on any atom is 0.411 e. The van der Waals surface area contributed by atoms with Crippen molar-refractivity contribution in [3.63, 3.8) is 0 Å². The number of carbonyl (C=O) groups is 2. The van der Waals surface area contributed by atoms with Gasteiger partial charge in [0, 0.05) is 6.54 Å². The molecule has 1 aliphatic rings. The second-order valence-corrected chi connectivity index (χ2v) is 6.00. The third-order valence-corrected chi connectivity index (χ3v) is 3.00. The summed E-state index contributed by atoms with van der Waals surface area (Å²) >= 11 is 0. The first kappa shape index (κ1) is 16.8. The van der Waals surface area contributed by atoms with Crippen molar-refractivity contribution in [2.45, 2.75) is 58.1 Å². The fourth-order valence-corrected chi connectivity index (χ4v) is 2.07. The molecular formula is C14H26N2O4. The average molecular weight is 286 g/mol. The number of likely N-dealkylation sites (tertiary alicyclic amines) is 1. The van der Waals surface area contributed by atoms with E-state index in [1.165, 1.54) is 4.90 Å². The topological polar surface area (TPSA) is 81.9 Å². The van der Waals surface area contributed by atoms with Gasteiger partial charge in [-0.1, -0.05) is 0 Å². The van der Waals surface area contributed by atoms with Crippen molar-refractivity contribution in [2.75, 3.05) is 19.7 Å². The van der Waals surface area contributed by atoms with Gasteiger partial charge in [0.15, 0.2) is 0 Å². The lowest BCUT2D eigenvalue weighted by molar-refractivity contribution is -0.148. The first-order chi connectivity index (χ1) is 9.35. The Hall–Kier alpha value is -1.30. The molecular weight excluding hydrogens is 260 g/mol. The quantitative estimate of drug-likeness (QED) is 0.614. The zero-order valence-electron chi connectivity index (χ0n) is 12.7. The molecule has 0 aromatic carbocycles. The molecule has 6 nitrogen and oxygen atoms in total.